The van der Waals surface area contributed by atoms with E-state index >= 15 is 0 Å². The van der Waals surface area contributed by atoms with Crippen molar-refractivity contribution >= 4 is 17.3 Å². The van der Waals surface area contributed by atoms with Crippen LogP contribution in [0.25, 0.3) is 0 Å². The van der Waals surface area contributed by atoms with Gasteiger partial charge in [0.1, 0.15) is 0 Å². The number of rotatable bonds is 6. The van der Waals surface area contributed by atoms with Gasteiger partial charge in [-0.3, -0.25) is 4.79 Å². The first-order chi connectivity index (χ1) is 9.72. The van der Waals surface area contributed by atoms with Crippen LogP contribution in [0, 0.1) is 0 Å². The summed E-state index contributed by atoms with van der Waals surface area (Å²) in [5.74, 6) is -0.481. The maximum atomic E-state index is 12.0. The van der Waals surface area contributed by atoms with Crippen molar-refractivity contribution in [1.82, 2.24) is 5.32 Å². The van der Waals surface area contributed by atoms with Crippen molar-refractivity contribution in [3.63, 3.8) is 0 Å². The van der Waals surface area contributed by atoms with Gasteiger partial charge in [0.05, 0.1) is 13.0 Å². The maximum Gasteiger partial charge on any atom is 0.314 e. The summed E-state index contributed by atoms with van der Waals surface area (Å²) in [7, 11) is 1.43. The Morgan fingerprint density at radius 3 is 2.60 bits per heavy atom. The Morgan fingerprint density at radius 2 is 2.00 bits per heavy atom. The summed E-state index contributed by atoms with van der Waals surface area (Å²) < 4.78 is 4.91. The molecular formula is C16H19NO2S. The van der Waals surface area contributed by atoms with Crippen LogP contribution in [0.3, 0.4) is 0 Å². The maximum absolute atomic E-state index is 12.0. The molecule has 1 unspecified atom stereocenters. The lowest BCUT2D eigenvalue weighted by molar-refractivity contribution is -0.142. The third kappa shape index (κ3) is 3.68. The summed E-state index contributed by atoms with van der Waals surface area (Å²) in [4.78, 5) is 13.2. The summed E-state index contributed by atoms with van der Waals surface area (Å²) in [5, 5.41) is 5.47. The summed E-state index contributed by atoms with van der Waals surface area (Å²) >= 11 is 1.71. The highest BCUT2D eigenvalue weighted by Crippen LogP contribution is 2.21. The normalized spacial score (nSPS) is 13.7. The van der Waals surface area contributed by atoms with Crippen LogP contribution in [0.4, 0.5) is 0 Å². The molecule has 0 bridgehead atoms. The topological polar surface area (TPSA) is 38.3 Å². The van der Waals surface area contributed by atoms with E-state index < -0.39 is 0 Å². The molecule has 0 fully saturated rings. The predicted octanol–water partition coefficient (Wildman–Crippen LogP) is 3.36. The number of carbonyl (C=O) groups is 1. The number of benzene rings is 1. The van der Waals surface area contributed by atoms with Gasteiger partial charge in [0, 0.05) is 17.5 Å². The van der Waals surface area contributed by atoms with Crippen LogP contribution in [-0.4, -0.2) is 19.6 Å². The Morgan fingerprint density at radius 1 is 1.25 bits per heavy atom. The highest BCUT2D eigenvalue weighted by Gasteiger charge is 2.22. The van der Waals surface area contributed by atoms with Crippen LogP contribution in [0.15, 0.2) is 47.8 Å². The number of hydrogen-bond donors (Lipinski definition) is 1. The van der Waals surface area contributed by atoms with E-state index in [1.165, 1.54) is 12.0 Å². The minimum Gasteiger partial charge on any atom is -0.469 e. The SMILES string of the molecule is COC(=O)C(CN[C@H](C)c1cccs1)c1ccccc1. The van der Waals surface area contributed by atoms with Crippen LogP contribution in [0.2, 0.25) is 0 Å². The van der Waals surface area contributed by atoms with Crippen molar-refractivity contribution in [3.05, 3.63) is 58.3 Å². The fourth-order valence-electron chi connectivity index (χ4n) is 2.10. The highest BCUT2D eigenvalue weighted by molar-refractivity contribution is 7.10. The van der Waals surface area contributed by atoms with Crippen molar-refractivity contribution in [2.45, 2.75) is 18.9 Å². The number of ether oxygens (including phenoxy) is 1. The summed E-state index contributed by atoms with van der Waals surface area (Å²) in [6.07, 6.45) is 0. The smallest absolute Gasteiger partial charge is 0.314 e. The molecule has 0 aliphatic carbocycles. The van der Waals surface area contributed by atoms with Crippen LogP contribution in [-0.2, 0) is 9.53 Å². The molecule has 4 heteroatoms. The molecule has 1 N–H and O–H groups in total. The van der Waals surface area contributed by atoms with E-state index in [4.69, 9.17) is 4.74 Å². The second kappa shape index (κ2) is 7.22. The standard InChI is InChI=1S/C16H19NO2S/c1-12(15-9-6-10-20-15)17-11-14(16(18)19-2)13-7-4-3-5-8-13/h3-10,12,14,17H,11H2,1-2H3/t12-,14?/m1/s1. The summed E-state index contributed by atoms with van der Waals surface area (Å²) in [6, 6.07) is 14.1. The van der Waals surface area contributed by atoms with Gasteiger partial charge in [-0.05, 0) is 23.9 Å². The fraction of sp³-hybridized carbons (Fsp3) is 0.312. The minimum absolute atomic E-state index is 0.206. The second-order valence-corrected chi connectivity index (χ2v) is 5.61. The van der Waals surface area contributed by atoms with Crippen molar-refractivity contribution < 1.29 is 9.53 Å². The van der Waals surface area contributed by atoms with Crippen LogP contribution in [0.5, 0.6) is 0 Å². The monoisotopic (exact) mass is 289 g/mol. The van der Waals surface area contributed by atoms with Crippen molar-refractivity contribution in [2.75, 3.05) is 13.7 Å². The third-order valence-corrected chi connectivity index (χ3v) is 4.34. The van der Waals surface area contributed by atoms with E-state index in [0.717, 1.165) is 5.56 Å². The number of hydrogen-bond acceptors (Lipinski definition) is 4. The molecule has 1 aromatic carbocycles. The fourth-order valence-corrected chi connectivity index (χ4v) is 2.86. The Kier molecular flexibility index (Phi) is 5.32. The predicted molar refractivity (Wildman–Crippen MR) is 81.9 cm³/mol. The molecule has 0 spiro atoms. The van der Waals surface area contributed by atoms with Gasteiger partial charge in [0.25, 0.3) is 0 Å². The van der Waals surface area contributed by atoms with Crippen LogP contribution >= 0.6 is 11.3 Å². The minimum atomic E-state index is -0.274. The zero-order valence-corrected chi connectivity index (χ0v) is 12.5. The lowest BCUT2D eigenvalue weighted by Gasteiger charge is -2.19. The molecule has 1 aromatic heterocycles. The zero-order valence-electron chi connectivity index (χ0n) is 11.7. The highest BCUT2D eigenvalue weighted by atomic mass is 32.1. The van der Waals surface area contributed by atoms with Gasteiger partial charge in [-0.15, -0.1) is 11.3 Å². The Balaban J connectivity index is 2.04. The molecule has 20 heavy (non-hydrogen) atoms. The van der Waals surface area contributed by atoms with Gasteiger partial charge in [-0.1, -0.05) is 36.4 Å². The first kappa shape index (κ1) is 14.8. The number of thiophene rings is 1. The molecule has 0 amide bonds. The zero-order chi connectivity index (χ0) is 14.4. The molecular weight excluding hydrogens is 270 g/mol. The Hall–Kier alpha value is -1.65. The van der Waals surface area contributed by atoms with Gasteiger partial charge in [-0.2, -0.15) is 0 Å². The van der Waals surface area contributed by atoms with Crippen LogP contribution < -0.4 is 5.32 Å². The molecule has 0 saturated carbocycles. The molecule has 2 atom stereocenters. The Labute approximate surface area is 123 Å². The summed E-state index contributed by atoms with van der Waals surface area (Å²) in [5.41, 5.74) is 0.977. The molecule has 0 aliphatic heterocycles. The number of esters is 1. The molecule has 0 aliphatic rings. The van der Waals surface area contributed by atoms with Crippen molar-refractivity contribution in [2.24, 2.45) is 0 Å². The van der Waals surface area contributed by atoms with Gasteiger partial charge < -0.3 is 10.1 Å². The molecule has 0 radical (unpaired) electrons. The van der Waals surface area contributed by atoms with E-state index in [2.05, 4.69) is 23.7 Å². The first-order valence-electron chi connectivity index (χ1n) is 6.62. The lowest BCUT2D eigenvalue weighted by Crippen LogP contribution is -2.29. The van der Waals surface area contributed by atoms with Gasteiger partial charge in [-0.25, -0.2) is 0 Å². The largest absolute Gasteiger partial charge is 0.469 e. The molecule has 2 aromatic rings. The molecule has 2 rings (SSSR count). The first-order valence-corrected chi connectivity index (χ1v) is 7.50. The van der Waals surface area contributed by atoms with E-state index in [1.807, 2.05) is 36.4 Å². The van der Waals surface area contributed by atoms with E-state index in [9.17, 15) is 4.79 Å². The van der Waals surface area contributed by atoms with Gasteiger partial charge in [0.15, 0.2) is 0 Å². The quantitative estimate of drug-likeness (QED) is 0.829. The van der Waals surface area contributed by atoms with E-state index in [-0.39, 0.29) is 17.9 Å². The summed E-state index contributed by atoms with van der Waals surface area (Å²) in [6.45, 7) is 2.67. The van der Waals surface area contributed by atoms with Crippen molar-refractivity contribution in [1.29, 1.82) is 0 Å². The Bertz CT molecular complexity index is 525. The molecule has 106 valence electrons. The van der Waals surface area contributed by atoms with Crippen molar-refractivity contribution in [3.8, 4) is 0 Å². The molecule has 3 nitrogen and oxygen atoms in total. The average molecular weight is 289 g/mol. The average Bonchev–Trinajstić information content (AvgIpc) is 3.02. The lowest BCUT2D eigenvalue weighted by atomic mass is 9.99. The third-order valence-electron chi connectivity index (χ3n) is 3.29. The van der Waals surface area contributed by atoms with Crippen LogP contribution in [0.1, 0.15) is 29.3 Å². The number of nitrogens with one attached hydrogen (secondary N) is 1. The molecule has 1 heterocycles. The van der Waals surface area contributed by atoms with E-state index in [1.54, 1.807) is 11.3 Å². The van der Waals surface area contributed by atoms with E-state index in [0.29, 0.717) is 6.54 Å². The number of carbonyl (C=O) groups excluding carboxylic acids is 1. The molecule has 0 saturated heterocycles. The number of methoxy groups -OCH3 is 1. The van der Waals surface area contributed by atoms with Gasteiger partial charge in [0.2, 0.25) is 0 Å². The second-order valence-electron chi connectivity index (χ2n) is 4.63. The van der Waals surface area contributed by atoms with Gasteiger partial charge >= 0.3 is 5.97 Å².